The molecule has 1 aliphatic heterocycles. The Balaban J connectivity index is 1.33. The second kappa shape index (κ2) is 8.76. The van der Waals surface area contributed by atoms with E-state index < -0.39 is 0 Å². The van der Waals surface area contributed by atoms with Gasteiger partial charge < -0.3 is 10.1 Å². The van der Waals surface area contributed by atoms with Crippen molar-refractivity contribution in [1.29, 1.82) is 0 Å². The summed E-state index contributed by atoms with van der Waals surface area (Å²) in [4.78, 5) is 21.7. The fourth-order valence-electron chi connectivity index (χ4n) is 3.82. The lowest BCUT2D eigenvalue weighted by atomic mass is 10.1. The molecule has 4 aromatic rings. The van der Waals surface area contributed by atoms with Gasteiger partial charge in [0, 0.05) is 36.0 Å². The van der Waals surface area contributed by atoms with Gasteiger partial charge in [-0.15, -0.1) is 0 Å². The number of anilines is 1. The van der Waals surface area contributed by atoms with Crippen LogP contribution in [0.5, 0.6) is 5.75 Å². The van der Waals surface area contributed by atoms with E-state index in [1.54, 1.807) is 23.0 Å². The van der Waals surface area contributed by atoms with Crippen LogP contribution in [0.15, 0.2) is 61.1 Å². The minimum absolute atomic E-state index is 0.174. The molecule has 3 heterocycles. The molecule has 1 amide bonds. The number of nitrogens with one attached hydrogen (secondary N) is 2. The number of rotatable bonds is 5. The number of carbonyl (C=O) groups is 1. The van der Waals surface area contributed by atoms with Crippen molar-refractivity contribution in [2.75, 3.05) is 18.4 Å². The van der Waals surface area contributed by atoms with Crippen molar-refractivity contribution >= 4 is 22.8 Å². The van der Waals surface area contributed by atoms with E-state index in [-0.39, 0.29) is 18.0 Å². The van der Waals surface area contributed by atoms with Crippen molar-refractivity contribution in [2.45, 2.75) is 18.9 Å². The molecule has 5 rings (SSSR count). The number of carbonyl (C=O) groups excluding carboxylic acids is 1. The third-order valence-corrected chi connectivity index (χ3v) is 5.53. The Morgan fingerprint density at radius 1 is 1.12 bits per heavy atom. The summed E-state index contributed by atoms with van der Waals surface area (Å²) in [5.41, 5.74) is 3.26. The van der Waals surface area contributed by atoms with Crippen LogP contribution in [0.2, 0.25) is 0 Å². The van der Waals surface area contributed by atoms with Gasteiger partial charge in [-0.3, -0.25) is 14.8 Å². The van der Waals surface area contributed by atoms with Crippen molar-refractivity contribution in [3.05, 3.63) is 66.6 Å². The molecule has 2 aromatic heterocycles. The van der Waals surface area contributed by atoms with Gasteiger partial charge in [0.05, 0.1) is 11.7 Å². The van der Waals surface area contributed by atoms with Gasteiger partial charge in [-0.05, 0) is 55.8 Å². The fraction of sp³-hybridized carbons (Fsp3) is 0.250. The maximum absolute atomic E-state index is 12.8. The Hall–Kier alpha value is -3.78. The monoisotopic (exact) mass is 428 g/mol. The van der Waals surface area contributed by atoms with Crippen LogP contribution >= 0.6 is 0 Å². The SMILES string of the molecule is Cn1cc(-c2ccc3cnc(NC(=O)c4cccc(OC5CCNCC5)c4)nc3c2)cn1. The molecule has 0 radical (unpaired) electrons. The molecule has 1 fully saturated rings. The molecule has 8 heteroatoms. The van der Waals surface area contributed by atoms with Gasteiger partial charge in [0.1, 0.15) is 11.9 Å². The third-order valence-electron chi connectivity index (χ3n) is 5.53. The van der Waals surface area contributed by atoms with Crippen LogP contribution in [0.3, 0.4) is 0 Å². The first-order chi connectivity index (χ1) is 15.6. The highest BCUT2D eigenvalue weighted by atomic mass is 16.5. The van der Waals surface area contributed by atoms with Crippen LogP contribution in [0.4, 0.5) is 5.95 Å². The molecule has 32 heavy (non-hydrogen) atoms. The average molecular weight is 428 g/mol. The topological polar surface area (TPSA) is 94.0 Å². The molecule has 2 N–H and O–H groups in total. The summed E-state index contributed by atoms with van der Waals surface area (Å²) < 4.78 is 7.81. The quantitative estimate of drug-likeness (QED) is 0.506. The maximum Gasteiger partial charge on any atom is 0.258 e. The lowest BCUT2D eigenvalue weighted by Gasteiger charge is -2.24. The number of hydrogen-bond acceptors (Lipinski definition) is 6. The van der Waals surface area contributed by atoms with Crippen molar-refractivity contribution in [1.82, 2.24) is 25.1 Å². The van der Waals surface area contributed by atoms with E-state index in [1.807, 2.05) is 49.8 Å². The van der Waals surface area contributed by atoms with Gasteiger partial charge in [0.15, 0.2) is 0 Å². The summed E-state index contributed by atoms with van der Waals surface area (Å²) in [5.74, 6) is 0.684. The normalized spacial score (nSPS) is 14.4. The number of amides is 1. The van der Waals surface area contributed by atoms with Crippen LogP contribution in [-0.2, 0) is 7.05 Å². The first kappa shape index (κ1) is 20.1. The molecular formula is C24H24N6O2. The smallest absolute Gasteiger partial charge is 0.258 e. The lowest BCUT2D eigenvalue weighted by Crippen LogP contribution is -2.34. The van der Waals surface area contributed by atoms with E-state index in [2.05, 4.69) is 25.7 Å². The van der Waals surface area contributed by atoms with Gasteiger partial charge in [-0.2, -0.15) is 5.10 Å². The van der Waals surface area contributed by atoms with Crippen molar-refractivity contribution in [3.8, 4) is 16.9 Å². The van der Waals surface area contributed by atoms with E-state index in [1.165, 1.54) is 0 Å². The molecule has 162 valence electrons. The predicted octanol–water partition coefficient (Wildman–Crippen LogP) is 3.41. The summed E-state index contributed by atoms with van der Waals surface area (Å²) in [7, 11) is 1.88. The Morgan fingerprint density at radius 2 is 2.00 bits per heavy atom. The Bertz CT molecular complexity index is 1260. The van der Waals surface area contributed by atoms with Crippen LogP contribution < -0.4 is 15.4 Å². The molecule has 0 aliphatic carbocycles. The molecule has 8 nitrogen and oxygen atoms in total. The van der Waals surface area contributed by atoms with E-state index >= 15 is 0 Å². The second-order valence-electron chi connectivity index (χ2n) is 7.92. The van der Waals surface area contributed by atoms with Gasteiger partial charge in [0.2, 0.25) is 5.95 Å². The van der Waals surface area contributed by atoms with Gasteiger partial charge in [-0.25, -0.2) is 9.97 Å². The molecule has 1 aliphatic rings. The predicted molar refractivity (Wildman–Crippen MR) is 123 cm³/mol. The molecule has 0 saturated carbocycles. The number of aryl methyl sites for hydroxylation is 1. The third kappa shape index (κ3) is 4.45. The Kier molecular flexibility index (Phi) is 5.51. The van der Waals surface area contributed by atoms with Gasteiger partial charge in [-0.1, -0.05) is 18.2 Å². The number of nitrogens with zero attached hydrogens (tertiary/aromatic N) is 4. The zero-order valence-electron chi connectivity index (χ0n) is 17.8. The molecule has 0 atom stereocenters. The van der Waals surface area contributed by atoms with E-state index in [4.69, 9.17) is 4.74 Å². The molecular weight excluding hydrogens is 404 g/mol. The minimum Gasteiger partial charge on any atom is -0.490 e. The number of piperidine rings is 1. The summed E-state index contributed by atoms with van der Waals surface area (Å²) in [6.07, 6.45) is 7.56. The number of aromatic nitrogens is 4. The highest BCUT2D eigenvalue weighted by Crippen LogP contribution is 2.24. The van der Waals surface area contributed by atoms with Gasteiger partial charge in [0.25, 0.3) is 5.91 Å². The molecule has 0 spiro atoms. The first-order valence-corrected chi connectivity index (χ1v) is 10.7. The van der Waals surface area contributed by atoms with Crippen molar-refractivity contribution in [2.24, 2.45) is 7.05 Å². The van der Waals surface area contributed by atoms with Crippen LogP contribution in [0.25, 0.3) is 22.0 Å². The first-order valence-electron chi connectivity index (χ1n) is 10.7. The minimum atomic E-state index is -0.275. The van der Waals surface area contributed by atoms with Crippen LogP contribution in [-0.4, -0.2) is 44.8 Å². The van der Waals surface area contributed by atoms with E-state index in [0.29, 0.717) is 11.3 Å². The van der Waals surface area contributed by atoms with Crippen LogP contribution in [0, 0.1) is 0 Å². The summed E-state index contributed by atoms with van der Waals surface area (Å²) >= 11 is 0. The maximum atomic E-state index is 12.8. The lowest BCUT2D eigenvalue weighted by molar-refractivity contribution is 0.102. The Morgan fingerprint density at radius 3 is 2.81 bits per heavy atom. The molecule has 1 saturated heterocycles. The second-order valence-corrected chi connectivity index (χ2v) is 7.92. The van der Waals surface area contributed by atoms with Crippen LogP contribution in [0.1, 0.15) is 23.2 Å². The van der Waals surface area contributed by atoms with E-state index in [0.717, 1.165) is 48.0 Å². The highest BCUT2D eigenvalue weighted by Gasteiger charge is 2.16. The summed E-state index contributed by atoms with van der Waals surface area (Å²) in [6.45, 7) is 1.90. The number of ether oxygens (including phenoxy) is 1. The van der Waals surface area contributed by atoms with E-state index in [9.17, 15) is 4.79 Å². The fourth-order valence-corrected chi connectivity index (χ4v) is 3.82. The number of benzene rings is 2. The highest BCUT2D eigenvalue weighted by molar-refractivity contribution is 6.03. The molecule has 0 bridgehead atoms. The zero-order valence-corrected chi connectivity index (χ0v) is 17.8. The number of hydrogen-bond donors (Lipinski definition) is 2. The summed E-state index contributed by atoms with van der Waals surface area (Å²) in [5, 5.41) is 11.2. The standard InChI is InChI=1S/C24H24N6O2/c1-30-15-19(14-27-30)16-5-6-18-13-26-24(28-22(18)12-16)29-23(31)17-3-2-4-21(11-17)32-20-7-9-25-10-8-20/h2-6,11-15,20,25H,7-10H2,1H3,(H,26,28,29,31). The largest absolute Gasteiger partial charge is 0.490 e. The Labute approximate surface area is 185 Å². The zero-order chi connectivity index (χ0) is 21.9. The van der Waals surface area contributed by atoms with Crippen molar-refractivity contribution in [3.63, 3.8) is 0 Å². The van der Waals surface area contributed by atoms with Gasteiger partial charge >= 0.3 is 0 Å². The summed E-state index contributed by atoms with van der Waals surface area (Å²) in [6, 6.07) is 13.2. The molecule has 2 aromatic carbocycles. The number of fused-ring (bicyclic) bond motifs is 1. The average Bonchev–Trinajstić information content (AvgIpc) is 3.26. The molecule has 0 unspecified atom stereocenters. The van der Waals surface area contributed by atoms with Crippen molar-refractivity contribution < 1.29 is 9.53 Å².